The second-order valence-electron chi connectivity index (χ2n) is 4.93. The van der Waals surface area contributed by atoms with E-state index < -0.39 is 6.04 Å². The lowest BCUT2D eigenvalue weighted by Gasteiger charge is -2.20. The van der Waals surface area contributed by atoms with Gasteiger partial charge in [-0.05, 0) is 24.5 Å². The van der Waals surface area contributed by atoms with Gasteiger partial charge in [0.1, 0.15) is 0 Å². The molecule has 1 atom stereocenters. The maximum atomic E-state index is 12.1. The molecule has 0 fully saturated rings. The van der Waals surface area contributed by atoms with Gasteiger partial charge in [0.15, 0.2) is 0 Å². The summed E-state index contributed by atoms with van der Waals surface area (Å²) in [4.78, 5) is 17.0. The molecular weight excluding hydrogens is 238 g/mol. The number of H-pyrrole nitrogens is 1. The Morgan fingerprint density at radius 2 is 2.16 bits per heavy atom. The third-order valence-electron chi connectivity index (χ3n) is 3.37. The number of nitrogens with two attached hydrogens (primary N) is 1. The van der Waals surface area contributed by atoms with Crippen molar-refractivity contribution in [2.75, 3.05) is 13.6 Å². The first kappa shape index (κ1) is 13.6. The lowest BCUT2D eigenvalue weighted by atomic mass is 10.0. The highest BCUT2D eigenvalue weighted by Crippen LogP contribution is 2.19. The molecule has 19 heavy (non-hydrogen) atoms. The third-order valence-corrected chi connectivity index (χ3v) is 3.37. The number of aromatic nitrogens is 1. The van der Waals surface area contributed by atoms with Crippen LogP contribution in [-0.4, -0.2) is 35.4 Å². The molecule has 1 aromatic carbocycles. The van der Waals surface area contributed by atoms with Crippen molar-refractivity contribution in [3.8, 4) is 0 Å². The first-order valence-corrected chi connectivity index (χ1v) is 6.69. The van der Waals surface area contributed by atoms with Gasteiger partial charge in [0.2, 0.25) is 5.91 Å². The van der Waals surface area contributed by atoms with Crippen molar-refractivity contribution in [3.05, 3.63) is 36.0 Å². The number of amides is 1. The van der Waals surface area contributed by atoms with Crippen LogP contribution in [0.3, 0.4) is 0 Å². The molecule has 1 heterocycles. The van der Waals surface area contributed by atoms with E-state index in [0.29, 0.717) is 6.42 Å². The zero-order valence-corrected chi connectivity index (χ0v) is 11.5. The Balaban J connectivity index is 2.10. The summed E-state index contributed by atoms with van der Waals surface area (Å²) in [6.45, 7) is 2.80. The van der Waals surface area contributed by atoms with Crippen LogP contribution in [0.1, 0.15) is 18.9 Å². The highest BCUT2D eigenvalue weighted by Gasteiger charge is 2.19. The first-order chi connectivity index (χ1) is 9.13. The number of hydrogen-bond acceptors (Lipinski definition) is 2. The minimum absolute atomic E-state index is 0.00660. The van der Waals surface area contributed by atoms with Crippen LogP contribution in [-0.2, 0) is 11.2 Å². The predicted molar refractivity (Wildman–Crippen MR) is 77.9 cm³/mol. The number of hydrogen-bond donors (Lipinski definition) is 2. The fraction of sp³-hybridized carbons (Fsp3) is 0.400. The summed E-state index contributed by atoms with van der Waals surface area (Å²) in [7, 11) is 1.81. The van der Waals surface area contributed by atoms with E-state index >= 15 is 0 Å². The van der Waals surface area contributed by atoms with E-state index in [0.717, 1.165) is 29.4 Å². The monoisotopic (exact) mass is 259 g/mol. The van der Waals surface area contributed by atoms with Crippen molar-refractivity contribution in [2.24, 2.45) is 5.73 Å². The number of carbonyl (C=O) groups is 1. The summed E-state index contributed by atoms with van der Waals surface area (Å²) in [5, 5.41) is 1.14. The second-order valence-corrected chi connectivity index (χ2v) is 4.93. The number of likely N-dealkylation sites (N-methyl/N-ethyl adjacent to an activating group) is 1. The summed E-state index contributed by atoms with van der Waals surface area (Å²) in [6, 6.07) is 7.58. The van der Waals surface area contributed by atoms with Crippen LogP contribution in [0.2, 0.25) is 0 Å². The molecule has 0 saturated heterocycles. The van der Waals surface area contributed by atoms with Crippen molar-refractivity contribution in [3.63, 3.8) is 0 Å². The standard InChI is InChI=1S/C15H21N3O/c1-3-8-18(2)15(19)13(16)9-11-10-17-14-7-5-4-6-12(11)14/h4-7,10,13,17H,3,8-9,16H2,1-2H3. The fourth-order valence-corrected chi connectivity index (χ4v) is 2.35. The van der Waals surface area contributed by atoms with Gasteiger partial charge < -0.3 is 15.6 Å². The van der Waals surface area contributed by atoms with Gasteiger partial charge in [0, 0.05) is 30.7 Å². The lowest BCUT2D eigenvalue weighted by Crippen LogP contribution is -2.43. The summed E-state index contributed by atoms with van der Waals surface area (Å²) in [5.41, 5.74) is 8.21. The molecule has 0 spiro atoms. The van der Waals surface area contributed by atoms with Crippen molar-refractivity contribution in [1.82, 2.24) is 9.88 Å². The maximum Gasteiger partial charge on any atom is 0.239 e. The van der Waals surface area contributed by atoms with Crippen LogP contribution in [0.4, 0.5) is 0 Å². The molecule has 2 aromatic rings. The molecule has 0 aliphatic heterocycles. The van der Waals surface area contributed by atoms with E-state index in [1.165, 1.54) is 0 Å². The molecule has 1 unspecified atom stereocenters. The van der Waals surface area contributed by atoms with Gasteiger partial charge in [-0.3, -0.25) is 4.79 Å². The Kier molecular flexibility index (Phi) is 4.22. The molecular formula is C15H21N3O. The van der Waals surface area contributed by atoms with Crippen LogP contribution < -0.4 is 5.73 Å². The Morgan fingerprint density at radius 3 is 2.89 bits per heavy atom. The minimum atomic E-state index is -0.476. The number of fused-ring (bicyclic) bond motifs is 1. The van der Waals surface area contributed by atoms with Gasteiger partial charge in [-0.25, -0.2) is 0 Å². The third kappa shape index (κ3) is 2.96. The highest BCUT2D eigenvalue weighted by molar-refractivity contribution is 5.86. The molecule has 0 aliphatic rings. The van der Waals surface area contributed by atoms with Crippen LogP contribution in [0.25, 0.3) is 10.9 Å². The average Bonchev–Trinajstić information content (AvgIpc) is 2.81. The number of carbonyl (C=O) groups excluding carboxylic acids is 1. The molecule has 4 heteroatoms. The number of para-hydroxylation sites is 1. The molecule has 0 aliphatic carbocycles. The predicted octanol–water partition coefficient (Wildman–Crippen LogP) is 1.91. The van der Waals surface area contributed by atoms with Gasteiger partial charge >= 0.3 is 0 Å². The highest BCUT2D eigenvalue weighted by atomic mass is 16.2. The van der Waals surface area contributed by atoms with Crippen LogP contribution >= 0.6 is 0 Å². The van der Waals surface area contributed by atoms with Gasteiger partial charge in [-0.1, -0.05) is 25.1 Å². The molecule has 1 aromatic heterocycles. The number of nitrogens with zero attached hydrogens (tertiary/aromatic N) is 1. The van der Waals surface area contributed by atoms with E-state index in [-0.39, 0.29) is 5.91 Å². The number of benzene rings is 1. The van der Waals surface area contributed by atoms with E-state index in [1.54, 1.807) is 11.9 Å². The normalized spacial score (nSPS) is 12.6. The van der Waals surface area contributed by atoms with Crippen LogP contribution in [0.5, 0.6) is 0 Å². The first-order valence-electron chi connectivity index (χ1n) is 6.69. The van der Waals surface area contributed by atoms with Crippen LogP contribution in [0.15, 0.2) is 30.5 Å². The largest absolute Gasteiger partial charge is 0.361 e. The Labute approximate surface area is 113 Å². The quantitative estimate of drug-likeness (QED) is 0.861. The molecule has 3 N–H and O–H groups in total. The van der Waals surface area contributed by atoms with Crippen molar-refractivity contribution >= 4 is 16.8 Å². The Bertz CT molecular complexity index is 561. The molecule has 102 valence electrons. The van der Waals surface area contributed by atoms with Gasteiger partial charge in [0.25, 0.3) is 0 Å². The smallest absolute Gasteiger partial charge is 0.239 e. The number of nitrogens with one attached hydrogen (secondary N) is 1. The van der Waals surface area contributed by atoms with Gasteiger partial charge in [0.05, 0.1) is 6.04 Å². The van der Waals surface area contributed by atoms with Crippen molar-refractivity contribution < 1.29 is 4.79 Å². The number of aromatic amines is 1. The lowest BCUT2D eigenvalue weighted by molar-refractivity contribution is -0.131. The topological polar surface area (TPSA) is 62.1 Å². The number of rotatable bonds is 5. The molecule has 1 amide bonds. The SMILES string of the molecule is CCCN(C)C(=O)C(N)Cc1c[nH]c2ccccc12. The molecule has 0 saturated carbocycles. The van der Waals surface area contributed by atoms with E-state index in [9.17, 15) is 4.79 Å². The molecule has 2 rings (SSSR count). The summed E-state index contributed by atoms with van der Waals surface area (Å²) in [6.07, 6.45) is 3.45. The van der Waals surface area contributed by atoms with Crippen molar-refractivity contribution in [2.45, 2.75) is 25.8 Å². The molecule has 0 bridgehead atoms. The summed E-state index contributed by atoms with van der Waals surface area (Å²) < 4.78 is 0. The van der Waals surface area contributed by atoms with Gasteiger partial charge in [-0.15, -0.1) is 0 Å². The second kappa shape index (κ2) is 5.89. The van der Waals surface area contributed by atoms with Gasteiger partial charge in [-0.2, -0.15) is 0 Å². The Hall–Kier alpha value is -1.81. The molecule has 4 nitrogen and oxygen atoms in total. The zero-order chi connectivity index (χ0) is 13.8. The fourth-order valence-electron chi connectivity index (χ4n) is 2.35. The van der Waals surface area contributed by atoms with E-state index in [2.05, 4.69) is 11.9 Å². The van der Waals surface area contributed by atoms with E-state index in [1.807, 2.05) is 30.5 Å². The Morgan fingerprint density at radius 1 is 1.42 bits per heavy atom. The summed E-state index contributed by atoms with van der Waals surface area (Å²) >= 11 is 0. The maximum absolute atomic E-state index is 12.1. The average molecular weight is 259 g/mol. The zero-order valence-electron chi connectivity index (χ0n) is 11.5. The van der Waals surface area contributed by atoms with Crippen molar-refractivity contribution in [1.29, 1.82) is 0 Å². The van der Waals surface area contributed by atoms with Crippen LogP contribution in [0, 0.1) is 0 Å². The minimum Gasteiger partial charge on any atom is -0.361 e. The van der Waals surface area contributed by atoms with E-state index in [4.69, 9.17) is 5.73 Å². The summed E-state index contributed by atoms with van der Waals surface area (Å²) in [5.74, 6) is 0.00660. The molecule has 0 radical (unpaired) electrons.